The summed E-state index contributed by atoms with van der Waals surface area (Å²) in [4.78, 5) is 27.3. The summed E-state index contributed by atoms with van der Waals surface area (Å²) in [6, 6.07) is 17.4. The van der Waals surface area contributed by atoms with Crippen LogP contribution < -0.4 is 5.32 Å². The van der Waals surface area contributed by atoms with Crippen LogP contribution in [0.3, 0.4) is 0 Å². The maximum absolute atomic E-state index is 12.3. The summed E-state index contributed by atoms with van der Waals surface area (Å²) in [5.41, 5.74) is 3.06. The SMILES string of the molecule is C[C@@H](Cc1c[nH]c2ccccc12)C(=O)NCC(=O)OCc1ccccc1. The third kappa shape index (κ3) is 4.51. The number of amides is 1. The summed E-state index contributed by atoms with van der Waals surface area (Å²) in [7, 11) is 0. The van der Waals surface area contributed by atoms with E-state index in [-0.39, 0.29) is 25.0 Å². The van der Waals surface area contributed by atoms with Crippen molar-refractivity contribution in [2.24, 2.45) is 5.92 Å². The van der Waals surface area contributed by atoms with Crippen molar-refractivity contribution >= 4 is 22.8 Å². The predicted octanol–water partition coefficient (Wildman–Crippen LogP) is 3.21. The Bertz CT molecular complexity index is 886. The molecule has 0 aliphatic rings. The Balaban J connectivity index is 1.46. The number of carbonyl (C=O) groups excluding carboxylic acids is 2. The van der Waals surface area contributed by atoms with Gasteiger partial charge in [0.05, 0.1) is 0 Å². The van der Waals surface area contributed by atoms with Gasteiger partial charge in [-0.3, -0.25) is 9.59 Å². The smallest absolute Gasteiger partial charge is 0.325 e. The fourth-order valence-electron chi connectivity index (χ4n) is 2.85. The maximum atomic E-state index is 12.3. The number of aromatic nitrogens is 1. The molecule has 1 atom stereocenters. The number of H-pyrrole nitrogens is 1. The van der Waals surface area contributed by atoms with E-state index >= 15 is 0 Å². The van der Waals surface area contributed by atoms with Crippen LogP contribution in [-0.4, -0.2) is 23.4 Å². The van der Waals surface area contributed by atoms with Crippen LogP contribution in [0.15, 0.2) is 60.8 Å². The van der Waals surface area contributed by atoms with Crippen LogP contribution in [0.25, 0.3) is 10.9 Å². The number of rotatable bonds is 7. The van der Waals surface area contributed by atoms with E-state index in [1.807, 2.05) is 67.7 Å². The van der Waals surface area contributed by atoms with Crippen LogP contribution in [0, 0.1) is 5.92 Å². The van der Waals surface area contributed by atoms with E-state index < -0.39 is 5.97 Å². The lowest BCUT2D eigenvalue weighted by Crippen LogP contribution is -2.35. The molecule has 0 spiro atoms. The molecular weight excluding hydrogens is 328 g/mol. The molecule has 0 saturated carbocycles. The summed E-state index contributed by atoms with van der Waals surface area (Å²) in [6.07, 6.45) is 2.54. The van der Waals surface area contributed by atoms with Crippen molar-refractivity contribution in [2.75, 3.05) is 6.54 Å². The first kappa shape index (κ1) is 17.7. The monoisotopic (exact) mass is 350 g/mol. The number of carbonyl (C=O) groups is 2. The molecule has 0 fully saturated rings. The van der Waals surface area contributed by atoms with Crippen LogP contribution in [0.2, 0.25) is 0 Å². The van der Waals surface area contributed by atoms with Crippen LogP contribution in [-0.2, 0) is 27.4 Å². The zero-order valence-corrected chi connectivity index (χ0v) is 14.7. The van der Waals surface area contributed by atoms with Gasteiger partial charge in [0.1, 0.15) is 13.2 Å². The predicted molar refractivity (Wildman–Crippen MR) is 100 cm³/mol. The van der Waals surface area contributed by atoms with Crippen molar-refractivity contribution in [3.63, 3.8) is 0 Å². The third-order valence-electron chi connectivity index (χ3n) is 4.30. The van der Waals surface area contributed by atoms with Gasteiger partial charge in [0.15, 0.2) is 0 Å². The number of benzene rings is 2. The molecule has 26 heavy (non-hydrogen) atoms. The molecule has 0 radical (unpaired) electrons. The molecule has 2 N–H and O–H groups in total. The van der Waals surface area contributed by atoms with E-state index in [0.29, 0.717) is 6.42 Å². The largest absolute Gasteiger partial charge is 0.460 e. The first-order chi connectivity index (χ1) is 12.6. The second-order valence-corrected chi connectivity index (χ2v) is 6.33. The lowest BCUT2D eigenvalue weighted by Gasteiger charge is -2.12. The van der Waals surface area contributed by atoms with Crippen molar-refractivity contribution in [1.82, 2.24) is 10.3 Å². The Morgan fingerprint density at radius 3 is 2.62 bits per heavy atom. The Hall–Kier alpha value is -3.08. The highest BCUT2D eigenvalue weighted by atomic mass is 16.5. The minimum atomic E-state index is -0.443. The highest BCUT2D eigenvalue weighted by Gasteiger charge is 2.16. The lowest BCUT2D eigenvalue weighted by molar-refractivity contribution is -0.145. The Morgan fingerprint density at radius 2 is 1.81 bits per heavy atom. The molecule has 2 aromatic carbocycles. The second kappa shape index (κ2) is 8.34. The molecule has 3 aromatic rings. The van der Waals surface area contributed by atoms with Crippen LogP contribution in [0.5, 0.6) is 0 Å². The zero-order chi connectivity index (χ0) is 18.4. The molecule has 0 saturated heterocycles. The van der Waals surface area contributed by atoms with E-state index in [4.69, 9.17) is 4.74 Å². The van der Waals surface area contributed by atoms with Gasteiger partial charge < -0.3 is 15.0 Å². The van der Waals surface area contributed by atoms with Gasteiger partial charge in [-0.25, -0.2) is 0 Å². The van der Waals surface area contributed by atoms with Gasteiger partial charge in [0.25, 0.3) is 0 Å². The topological polar surface area (TPSA) is 71.2 Å². The van der Waals surface area contributed by atoms with Gasteiger partial charge in [-0.2, -0.15) is 0 Å². The molecule has 134 valence electrons. The average molecular weight is 350 g/mol. The number of hydrogen-bond acceptors (Lipinski definition) is 3. The summed E-state index contributed by atoms with van der Waals surface area (Å²) in [5.74, 6) is -0.843. The average Bonchev–Trinajstić information content (AvgIpc) is 3.08. The first-order valence-corrected chi connectivity index (χ1v) is 8.65. The molecule has 5 nitrogen and oxygen atoms in total. The molecule has 3 rings (SSSR count). The molecule has 0 unspecified atom stereocenters. The van der Waals surface area contributed by atoms with Crippen LogP contribution >= 0.6 is 0 Å². The summed E-state index contributed by atoms with van der Waals surface area (Å²) < 4.78 is 5.16. The summed E-state index contributed by atoms with van der Waals surface area (Å²) >= 11 is 0. The Morgan fingerprint density at radius 1 is 1.08 bits per heavy atom. The van der Waals surface area contributed by atoms with Gasteiger partial charge in [-0.1, -0.05) is 55.5 Å². The van der Waals surface area contributed by atoms with E-state index in [9.17, 15) is 9.59 Å². The number of nitrogens with one attached hydrogen (secondary N) is 2. The number of esters is 1. The molecule has 0 bridgehead atoms. The van der Waals surface area contributed by atoms with Crippen molar-refractivity contribution in [2.45, 2.75) is 20.0 Å². The fraction of sp³-hybridized carbons (Fsp3) is 0.238. The number of para-hydroxylation sites is 1. The van der Waals surface area contributed by atoms with E-state index in [2.05, 4.69) is 10.3 Å². The van der Waals surface area contributed by atoms with Gasteiger partial charge in [-0.15, -0.1) is 0 Å². The Labute approximate surface area is 152 Å². The number of hydrogen-bond donors (Lipinski definition) is 2. The van der Waals surface area contributed by atoms with Crippen LogP contribution in [0.1, 0.15) is 18.1 Å². The van der Waals surface area contributed by atoms with E-state index in [0.717, 1.165) is 22.0 Å². The minimum Gasteiger partial charge on any atom is -0.460 e. The van der Waals surface area contributed by atoms with Gasteiger partial charge in [-0.05, 0) is 23.6 Å². The molecule has 1 heterocycles. The number of ether oxygens (including phenoxy) is 1. The molecule has 1 aromatic heterocycles. The second-order valence-electron chi connectivity index (χ2n) is 6.33. The van der Waals surface area contributed by atoms with Gasteiger partial charge in [0.2, 0.25) is 5.91 Å². The highest BCUT2D eigenvalue weighted by molar-refractivity contribution is 5.86. The number of fused-ring (bicyclic) bond motifs is 1. The quantitative estimate of drug-likeness (QED) is 0.643. The van der Waals surface area contributed by atoms with Crippen molar-refractivity contribution < 1.29 is 14.3 Å². The third-order valence-corrected chi connectivity index (χ3v) is 4.30. The molecular formula is C21H22N2O3. The minimum absolute atomic E-state index is 0.121. The lowest BCUT2D eigenvalue weighted by atomic mass is 10.00. The normalized spacial score (nSPS) is 11.9. The maximum Gasteiger partial charge on any atom is 0.325 e. The fourth-order valence-corrected chi connectivity index (χ4v) is 2.85. The standard InChI is InChI=1S/C21H22N2O3/c1-15(11-17-12-22-19-10-6-5-9-18(17)19)21(25)23-13-20(24)26-14-16-7-3-2-4-8-16/h2-10,12,15,22H,11,13-14H2,1H3,(H,23,25)/t15-/m0/s1. The molecule has 0 aliphatic carbocycles. The van der Waals surface area contributed by atoms with Gasteiger partial charge >= 0.3 is 5.97 Å². The van der Waals surface area contributed by atoms with Gasteiger partial charge in [0, 0.05) is 23.0 Å². The van der Waals surface area contributed by atoms with Crippen molar-refractivity contribution in [1.29, 1.82) is 0 Å². The summed E-state index contributed by atoms with van der Waals surface area (Å²) in [5, 5.41) is 3.78. The van der Waals surface area contributed by atoms with Crippen molar-refractivity contribution in [3.05, 3.63) is 71.9 Å². The molecule has 5 heteroatoms. The first-order valence-electron chi connectivity index (χ1n) is 8.65. The summed E-state index contributed by atoms with van der Waals surface area (Å²) in [6.45, 7) is 1.94. The number of aromatic amines is 1. The van der Waals surface area contributed by atoms with E-state index in [1.165, 1.54) is 0 Å². The highest BCUT2D eigenvalue weighted by Crippen LogP contribution is 2.20. The zero-order valence-electron chi connectivity index (χ0n) is 14.7. The Kier molecular flexibility index (Phi) is 5.69. The molecule has 1 amide bonds. The molecule has 0 aliphatic heterocycles. The van der Waals surface area contributed by atoms with Crippen molar-refractivity contribution in [3.8, 4) is 0 Å². The van der Waals surface area contributed by atoms with Crippen LogP contribution in [0.4, 0.5) is 0 Å². The van der Waals surface area contributed by atoms with E-state index in [1.54, 1.807) is 0 Å².